The lowest BCUT2D eigenvalue weighted by Gasteiger charge is -2.21. The number of fused-ring (bicyclic) bond motifs is 1. The second-order valence-corrected chi connectivity index (χ2v) is 6.67. The fraction of sp³-hybridized carbons (Fsp3) is 0.238. The van der Waals surface area contributed by atoms with Crippen LogP contribution >= 0.6 is 0 Å². The second kappa shape index (κ2) is 7.12. The Morgan fingerprint density at radius 2 is 1.77 bits per heavy atom. The number of nitrogens with one attached hydrogen (secondary N) is 1. The predicted octanol–water partition coefficient (Wildman–Crippen LogP) is 3.83. The molecule has 0 saturated heterocycles. The molecule has 134 valence electrons. The first-order chi connectivity index (χ1) is 12.3. The van der Waals surface area contributed by atoms with E-state index in [0.717, 1.165) is 27.6 Å². The molecule has 26 heavy (non-hydrogen) atoms. The Morgan fingerprint density at radius 3 is 2.42 bits per heavy atom. The second-order valence-electron chi connectivity index (χ2n) is 6.67. The highest BCUT2D eigenvalue weighted by molar-refractivity contribution is 5.83. The number of aryl methyl sites for hydroxylation is 2. The fourth-order valence-electron chi connectivity index (χ4n) is 3.14. The van der Waals surface area contributed by atoms with Gasteiger partial charge in [0, 0.05) is 19.0 Å². The molecule has 0 fully saturated rings. The molecule has 5 heteroatoms. The van der Waals surface area contributed by atoms with E-state index in [0.29, 0.717) is 12.1 Å². The molecule has 1 aromatic heterocycles. The van der Waals surface area contributed by atoms with Crippen molar-refractivity contribution in [1.82, 2.24) is 9.88 Å². The normalized spacial score (nSPS) is 10.9. The molecule has 1 amide bonds. The number of carbonyl (C=O) groups is 1. The third-order valence-electron chi connectivity index (χ3n) is 4.46. The third-order valence-corrected chi connectivity index (χ3v) is 4.46. The van der Waals surface area contributed by atoms with E-state index >= 15 is 0 Å². The summed E-state index contributed by atoms with van der Waals surface area (Å²) in [6, 6.07) is 11.9. The topological polar surface area (TPSA) is 53.2 Å². The Hall–Kier alpha value is -2.95. The van der Waals surface area contributed by atoms with E-state index in [1.54, 1.807) is 17.0 Å². The van der Waals surface area contributed by atoms with Crippen molar-refractivity contribution in [3.8, 4) is 0 Å². The van der Waals surface area contributed by atoms with Gasteiger partial charge in [-0.1, -0.05) is 23.8 Å². The van der Waals surface area contributed by atoms with Crippen LogP contribution in [-0.4, -0.2) is 15.8 Å². The Morgan fingerprint density at radius 1 is 1.08 bits per heavy atom. The summed E-state index contributed by atoms with van der Waals surface area (Å²) in [6.45, 7) is 5.95. The molecule has 0 saturated carbocycles. The van der Waals surface area contributed by atoms with Gasteiger partial charge in [0.15, 0.2) is 0 Å². The number of rotatable bonds is 4. The molecule has 1 heterocycles. The SMILES string of the molecule is CC(=O)N(Cc1ccc(F)cc1)Cc1cc2cc(C)cc(C)c2[nH]c1=O. The molecule has 0 aliphatic rings. The molecule has 0 aliphatic carbocycles. The summed E-state index contributed by atoms with van der Waals surface area (Å²) in [4.78, 5) is 29.0. The van der Waals surface area contributed by atoms with Crippen LogP contribution < -0.4 is 5.56 Å². The maximum Gasteiger partial charge on any atom is 0.253 e. The van der Waals surface area contributed by atoms with Gasteiger partial charge >= 0.3 is 0 Å². The molecule has 0 aliphatic heterocycles. The van der Waals surface area contributed by atoms with Gasteiger partial charge in [-0.25, -0.2) is 4.39 Å². The Kier molecular flexibility index (Phi) is 4.89. The Labute approximate surface area is 151 Å². The highest BCUT2D eigenvalue weighted by Gasteiger charge is 2.14. The van der Waals surface area contributed by atoms with Gasteiger partial charge in [-0.3, -0.25) is 9.59 Å². The first-order valence-electron chi connectivity index (χ1n) is 8.46. The molecule has 0 spiro atoms. The van der Waals surface area contributed by atoms with Crippen LogP contribution in [0.5, 0.6) is 0 Å². The number of halogens is 1. The zero-order valence-corrected chi connectivity index (χ0v) is 15.1. The van der Waals surface area contributed by atoms with Crippen LogP contribution in [0.25, 0.3) is 10.9 Å². The number of nitrogens with zero attached hydrogens (tertiary/aromatic N) is 1. The van der Waals surface area contributed by atoms with Crippen LogP contribution in [0.4, 0.5) is 4.39 Å². The first-order valence-corrected chi connectivity index (χ1v) is 8.46. The molecule has 0 atom stereocenters. The summed E-state index contributed by atoms with van der Waals surface area (Å²) >= 11 is 0. The van der Waals surface area contributed by atoms with Crippen molar-refractivity contribution in [2.45, 2.75) is 33.9 Å². The smallest absolute Gasteiger partial charge is 0.253 e. The van der Waals surface area contributed by atoms with E-state index in [1.165, 1.54) is 19.1 Å². The van der Waals surface area contributed by atoms with Crippen molar-refractivity contribution >= 4 is 16.8 Å². The lowest BCUT2D eigenvalue weighted by atomic mass is 10.0. The van der Waals surface area contributed by atoms with Crippen LogP contribution in [0, 0.1) is 19.7 Å². The minimum absolute atomic E-state index is 0.144. The van der Waals surface area contributed by atoms with Crippen molar-refractivity contribution < 1.29 is 9.18 Å². The summed E-state index contributed by atoms with van der Waals surface area (Å²) in [5.41, 5.74) is 4.08. The quantitative estimate of drug-likeness (QED) is 0.776. The third kappa shape index (κ3) is 3.82. The van der Waals surface area contributed by atoms with Crippen molar-refractivity contribution in [1.29, 1.82) is 0 Å². The van der Waals surface area contributed by atoms with Crippen molar-refractivity contribution in [2.75, 3.05) is 0 Å². The Balaban J connectivity index is 1.93. The largest absolute Gasteiger partial charge is 0.334 e. The molecular formula is C21H21FN2O2. The maximum absolute atomic E-state index is 13.1. The molecule has 0 unspecified atom stereocenters. The predicted molar refractivity (Wildman–Crippen MR) is 100 cm³/mol. The number of H-pyrrole nitrogens is 1. The number of benzene rings is 2. The molecule has 0 radical (unpaired) electrons. The van der Waals surface area contributed by atoms with Crippen LogP contribution in [0.15, 0.2) is 47.3 Å². The zero-order valence-electron chi connectivity index (χ0n) is 15.1. The van der Waals surface area contributed by atoms with Crippen LogP contribution in [-0.2, 0) is 17.9 Å². The summed E-state index contributed by atoms with van der Waals surface area (Å²) in [5.74, 6) is -0.464. The van der Waals surface area contributed by atoms with Gasteiger partial charge in [0.05, 0.1) is 12.1 Å². The molecular weight excluding hydrogens is 331 g/mol. The van der Waals surface area contributed by atoms with E-state index in [9.17, 15) is 14.0 Å². The maximum atomic E-state index is 13.1. The number of carbonyl (C=O) groups excluding carboxylic acids is 1. The summed E-state index contributed by atoms with van der Waals surface area (Å²) < 4.78 is 13.1. The van der Waals surface area contributed by atoms with Gasteiger partial charge in [0.25, 0.3) is 5.56 Å². The average molecular weight is 352 g/mol. The van der Waals surface area contributed by atoms with E-state index < -0.39 is 0 Å². The zero-order chi connectivity index (χ0) is 18.8. The minimum atomic E-state index is -0.320. The monoisotopic (exact) mass is 352 g/mol. The minimum Gasteiger partial charge on any atom is -0.334 e. The lowest BCUT2D eigenvalue weighted by Crippen LogP contribution is -2.30. The molecule has 1 N–H and O–H groups in total. The number of hydrogen-bond donors (Lipinski definition) is 1. The van der Waals surface area contributed by atoms with Gasteiger partial charge in [0.1, 0.15) is 5.82 Å². The van der Waals surface area contributed by atoms with E-state index in [4.69, 9.17) is 0 Å². The van der Waals surface area contributed by atoms with Crippen LogP contribution in [0.2, 0.25) is 0 Å². The first kappa shape index (κ1) is 17.9. The summed E-state index contributed by atoms with van der Waals surface area (Å²) in [7, 11) is 0. The highest BCUT2D eigenvalue weighted by atomic mass is 19.1. The van der Waals surface area contributed by atoms with E-state index in [-0.39, 0.29) is 23.8 Å². The van der Waals surface area contributed by atoms with Gasteiger partial charge in [-0.2, -0.15) is 0 Å². The average Bonchev–Trinajstić information content (AvgIpc) is 2.57. The van der Waals surface area contributed by atoms with Gasteiger partial charge < -0.3 is 9.88 Å². The van der Waals surface area contributed by atoms with E-state index in [1.807, 2.05) is 32.0 Å². The summed E-state index contributed by atoms with van der Waals surface area (Å²) in [6.07, 6.45) is 0. The number of aromatic amines is 1. The van der Waals surface area contributed by atoms with Gasteiger partial charge in [-0.15, -0.1) is 0 Å². The molecule has 4 nitrogen and oxygen atoms in total. The van der Waals surface area contributed by atoms with Crippen LogP contribution in [0.1, 0.15) is 29.2 Å². The molecule has 2 aromatic carbocycles. The lowest BCUT2D eigenvalue weighted by molar-refractivity contribution is -0.130. The van der Waals surface area contributed by atoms with Crippen LogP contribution in [0.3, 0.4) is 0 Å². The molecule has 0 bridgehead atoms. The number of hydrogen-bond acceptors (Lipinski definition) is 2. The number of pyridine rings is 1. The van der Waals surface area contributed by atoms with Crippen molar-refractivity contribution in [3.63, 3.8) is 0 Å². The van der Waals surface area contributed by atoms with E-state index in [2.05, 4.69) is 4.98 Å². The molecule has 3 aromatic rings. The molecule has 3 rings (SSSR count). The van der Waals surface area contributed by atoms with Gasteiger partial charge in [-0.05, 0) is 54.6 Å². The number of aromatic nitrogens is 1. The summed E-state index contributed by atoms with van der Waals surface area (Å²) in [5, 5.41) is 0.947. The highest BCUT2D eigenvalue weighted by Crippen LogP contribution is 2.19. The standard InChI is InChI=1S/C21H21FN2O2/c1-13-8-14(2)20-17(9-13)10-18(21(26)23-20)12-24(15(3)25)11-16-4-6-19(22)7-5-16/h4-10H,11-12H2,1-3H3,(H,23,26). The number of amides is 1. The fourth-order valence-corrected chi connectivity index (χ4v) is 3.14. The Bertz CT molecular complexity index is 1020. The van der Waals surface area contributed by atoms with Crippen molar-refractivity contribution in [3.05, 3.63) is 80.9 Å². The van der Waals surface area contributed by atoms with Crippen molar-refractivity contribution in [2.24, 2.45) is 0 Å². The van der Waals surface area contributed by atoms with Gasteiger partial charge in [0.2, 0.25) is 5.91 Å².